The van der Waals surface area contributed by atoms with Crippen LogP contribution in [0, 0.1) is 13.8 Å². The summed E-state index contributed by atoms with van der Waals surface area (Å²) < 4.78 is 0. The molecule has 1 N–H and O–H groups in total. The number of carbonyl (C=O) groups excluding carboxylic acids is 2. The van der Waals surface area contributed by atoms with Gasteiger partial charge in [-0.15, -0.1) is 0 Å². The molecule has 0 saturated carbocycles. The Morgan fingerprint density at radius 2 is 1.83 bits per heavy atom. The minimum Gasteiger partial charge on any atom is -0.324 e. The minimum atomic E-state index is -0.310. The van der Waals surface area contributed by atoms with Crippen LogP contribution in [0.2, 0.25) is 10.0 Å². The molecule has 0 radical (unpaired) electrons. The van der Waals surface area contributed by atoms with E-state index in [2.05, 4.69) is 5.32 Å². The number of aryl methyl sites for hydroxylation is 1. The van der Waals surface area contributed by atoms with Gasteiger partial charge >= 0.3 is 0 Å². The highest BCUT2D eigenvalue weighted by Gasteiger charge is 2.18. The average molecular weight is 365 g/mol. The summed E-state index contributed by atoms with van der Waals surface area (Å²) in [6, 6.07) is 10.5. The maximum Gasteiger partial charge on any atom is 0.244 e. The van der Waals surface area contributed by atoms with Crippen molar-refractivity contribution < 1.29 is 9.59 Å². The van der Waals surface area contributed by atoms with Gasteiger partial charge in [-0.05, 0) is 49.2 Å². The molecule has 126 valence electrons. The second kappa shape index (κ2) is 7.69. The van der Waals surface area contributed by atoms with E-state index in [4.69, 9.17) is 23.2 Å². The number of benzene rings is 2. The van der Waals surface area contributed by atoms with Crippen LogP contribution in [0.1, 0.15) is 18.1 Å². The van der Waals surface area contributed by atoms with E-state index >= 15 is 0 Å². The lowest BCUT2D eigenvalue weighted by atomic mass is 10.1. The van der Waals surface area contributed by atoms with Crippen LogP contribution in [0.3, 0.4) is 0 Å². The molecule has 6 heteroatoms. The van der Waals surface area contributed by atoms with Crippen molar-refractivity contribution in [3.8, 4) is 0 Å². The Balaban J connectivity index is 2.22. The average Bonchev–Trinajstić information content (AvgIpc) is 2.52. The van der Waals surface area contributed by atoms with Crippen LogP contribution < -0.4 is 10.2 Å². The van der Waals surface area contributed by atoms with Crippen molar-refractivity contribution in [3.05, 3.63) is 57.6 Å². The summed E-state index contributed by atoms with van der Waals surface area (Å²) >= 11 is 12.1. The Labute approximate surface area is 151 Å². The number of nitrogens with one attached hydrogen (secondary N) is 1. The Bertz CT molecular complexity index is 791. The molecule has 0 bridgehead atoms. The van der Waals surface area contributed by atoms with E-state index in [1.165, 1.54) is 11.8 Å². The van der Waals surface area contributed by atoms with E-state index < -0.39 is 0 Å². The number of rotatable bonds is 4. The zero-order chi connectivity index (χ0) is 17.9. The summed E-state index contributed by atoms with van der Waals surface area (Å²) in [6.07, 6.45) is 0. The Morgan fingerprint density at radius 1 is 1.12 bits per heavy atom. The third kappa shape index (κ3) is 4.28. The molecule has 0 aliphatic carbocycles. The number of hydrogen-bond donors (Lipinski definition) is 1. The summed E-state index contributed by atoms with van der Waals surface area (Å²) in [6.45, 7) is 4.99. The number of halogens is 2. The van der Waals surface area contributed by atoms with Crippen molar-refractivity contribution in [2.75, 3.05) is 16.8 Å². The van der Waals surface area contributed by atoms with Crippen LogP contribution in [0.15, 0.2) is 36.4 Å². The predicted molar refractivity (Wildman–Crippen MR) is 99.0 cm³/mol. The molecule has 0 aromatic heterocycles. The second-order valence-corrected chi connectivity index (χ2v) is 6.34. The summed E-state index contributed by atoms with van der Waals surface area (Å²) in [7, 11) is 0. The van der Waals surface area contributed by atoms with Crippen LogP contribution in [-0.2, 0) is 9.59 Å². The van der Waals surface area contributed by atoms with Crippen molar-refractivity contribution in [3.63, 3.8) is 0 Å². The molecular weight excluding hydrogens is 347 g/mol. The minimum absolute atomic E-state index is 0.109. The highest BCUT2D eigenvalue weighted by Crippen LogP contribution is 2.25. The van der Waals surface area contributed by atoms with Gasteiger partial charge in [0.25, 0.3) is 0 Å². The van der Waals surface area contributed by atoms with Crippen molar-refractivity contribution >= 4 is 46.4 Å². The second-order valence-electron chi connectivity index (χ2n) is 5.50. The van der Waals surface area contributed by atoms with E-state index in [-0.39, 0.29) is 18.4 Å². The Kier molecular flexibility index (Phi) is 5.86. The molecule has 0 spiro atoms. The molecule has 2 amide bonds. The van der Waals surface area contributed by atoms with Gasteiger partial charge in [0.1, 0.15) is 6.54 Å². The molecule has 2 aromatic carbocycles. The molecule has 0 atom stereocenters. The molecule has 4 nitrogen and oxygen atoms in total. The Morgan fingerprint density at radius 3 is 2.50 bits per heavy atom. The molecule has 0 fully saturated rings. The third-order valence-electron chi connectivity index (χ3n) is 3.69. The van der Waals surface area contributed by atoms with Gasteiger partial charge in [-0.1, -0.05) is 35.3 Å². The molecule has 0 unspecified atom stereocenters. The largest absolute Gasteiger partial charge is 0.324 e. The normalized spacial score (nSPS) is 10.4. The first-order valence-electron chi connectivity index (χ1n) is 7.39. The van der Waals surface area contributed by atoms with Crippen molar-refractivity contribution in [1.82, 2.24) is 0 Å². The summed E-state index contributed by atoms with van der Waals surface area (Å²) in [5.41, 5.74) is 2.88. The maximum absolute atomic E-state index is 12.4. The van der Waals surface area contributed by atoms with E-state index in [1.54, 1.807) is 30.3 Å². The lowest BCUT2D eigenvalue weighted by Gasteiger charge is -2.23. The topological polar surface area (TPSA) is 49.4 Å². The fraction of sp³-hybridized carbons (Fsp3) is 0.222. The van der Waals surface area contributed by atoms with E-state index in [0.29, 0.717) is 21.4 Å². The van der Waals surface area contributed by atoms with Crippen LogP contribution in [0.5, 0.6) is 0 Å². The number of amides is 2. The van der Waals surface area contributed by atoms with Crippen LogP contribution >= 0.6 is 23.2 Å². The number of anilines is 2. The molecule has 0 saturated heterocycles. The van der Waals surface area contributed by atoms with Gasteiger partial charge in [0, 0.05) is 28.3 Å². The fourth-order valence-electron chi connectivity index (χ4n) is 2.32. The van der Waals surface area contributed by atoms with Gasteiger partial charge in [0.15, 0.2) is 0 Å². The lowest BCUT2D eigenvalue weighted by Crippen LogP contribution is -2.37. The number of hydrogen-bond acceptors (Lipinski definition) is 2. The molecule has 2 aromatic rings. The zero-order valence-electron chi connectivity index (χ0n) is 13.7. The first-order valence-corrected chi connectivity index (χ1v) is 8.14. The highest BCUT2D eigenvalue weighted by atomic mass is 35.5. The summed E-state index contributed by atoms with van der Waals surface area (Å²) in [5.74, 6) is -0.548. The van der Waals surface area contributed by atoms with Crippen molar-refractivity contribution in [2.24, 2.45) is 0 Å². The Hall–Kier alpha value is -2.04. The fourth-order valence-corrected chi connectivity index (χ4v) is 2.66. The van der Waals surface area contributed by atoms with E-state index in [0.717, 1.165) is 11.1 Å². The van der Waals surface area contributed by atoms with Gasteiger partial charge < -0.3 is 10.2 Å². The standard InChI is InChI=1S/C18H18Cl2N2O2/c1-11-7-8-14(19)9-17(11)22(13(3)23)10-18(24)21-16-6-4-5-15(20)12(16)2/h4-9H,10H2,1-3H3,(H,21,24). The molecule has 24 heavy (non-hydrogen) atoms. The van der Waals surface area contributed by atoms with Crippen LogP contribution in [0.25, 0.3) is 0 Å². The molecular formula is C18H18Cl2N2O2. The maximum atomic E-state index is 12.4. The first kappa shape index (κ1) is 18.3. The quantitative estimate of drug-likeness (QED) is 0.861. The van der Waals surface area contributed by atoms with E-state index in [9.17, 15) is 9.59 Å². The molecule has 0 aliphatic rings. The molecule has 0 heterocycles. The van der Waals surface area contributed by atoms with Gasteiger partial charge in [-0.25, -0.2) is 0 Å². The monoisotopic (exact) mass is 364 g/mol. The summed E-state index contributed by atoms with van der Waals surface area (Å²) in [4.78, 5) is 25.8. The van der Waals surface area contributed by atoms with Crippen LogP contribution in [0.4, 0.5) is 11.4 Å². The predicted octanol–water partition coefficient (Wildman–Crippen LogP) is 4.60. The number of carbonyl (C=O) groups is 2. The van der Waals surface area contributed by atoms with Crippen LogP contribution in [-0.4, -0.2) is 18.4 Å². The molecule has 0 aliphatic heterocycles. The van der Waals surface area contributed by atoms with Crippen molar-refractivity contribution in [1.29, 1.82) is 0 Å². The first-order chi connectivity index (χ1) is 11.3. The van der Waals surface area contributed by atoms with Gasteiger partial charge in [-0.2, -0.15) is 0 Å². The highest BCUT2D eigenvalue weighted by molar-refractivity contribution is 6.32. The van der Waals surface area contributed by atoms with Gasteiger partial charge in [0.2, 0.25) is 11.8 Å². The smallest absolute Gasteiger partial charge is 0.244 e. The number of nitrogens with zero attached hydrogens (tertiary/aromatic N) is 1. The zero-order valence-corrected chi connectivity index (χ0v) is 15.2. The molecule has 2 rings (SSSR count). The SMILES string of the molecule is CC(=O)N(CC(=O)Nc1cccc(Cl)c1C)c1cc(Cl)ccc1C. The van der Waals surface area contributed by atoms with Crippen molar-refractivity contribution in [2.45, 2.75) is 20.8 Å². The van der Waals surface area contributed by atoms with Gasteiger partial charge in [-0.3, -0.25) is 9.59 Å². The summed E-state index contributed by atoms with van der Waals surface area (Å²) in [5, 5.41) is 3.87. The third-order valence-corrected chi connectivity index (χ3v) is 4.33. The van der Waals surface area contributed by atoms with Gasteiger partial charge in [0.05, 0.1) is 0 Å². The van der Waals surface area contributed by atoms with E-state index in [1.807, 2.05) is 19.9 Å². The lowest BCUT2D eigenvalue weighted by molar-refractivity contribution is -0.120.